The van der Waals surface area contributed by atoms with Crippen molar-refractivity contribution in [1.82, 2.24) is 9.88 Å². The van der Waals surface area contributed by atoms with E-state index < -0.39 is 11.5 Å². The predicted octanol–water partition coefficient (Wildman–Crippen LogP) is 3.33. The summed E-state index contributed by atoms with van der Waals surface area (Å²) in [5, 5.41) is 2.82. The summed E-state index contributed by atoms with van der Waals surface area (Å²) >= 11 is 1.97. The average Bonchev–Trinajstić information content (AvgIpc) is 2.67. The van der Waals surface area contributed by atoms with Gasteiger partial charge in [0, 0.05) is 54.5 Å². The zero-order valence-corrected chi connectivity index (χ0v) is 18.2. The number of fused-ring (bicyclic) bond motifs is 1. The van der Waals surface area contributed by atoms with Gasteiger partial charge in [-0.15, -0.1) is 0 Å². The van der Waals surface area contributed by atoms with Gasteiger partial charge in [0.1, 0.15) is 5.56 Å². The zero-order chi connectivity index (χ0) is 21.3. The zero-order valence-electron chi connectivity index (χ0n) is 17.4. The minimum Gasteiger partial charge on any atom is -0.325 e. The number of thioether (sulfide) groups is 1. The maximum Gasteiger partial charge on any atom is 0.261 e. The van der Waals surface area contributed by atoms with Gasteiger partial charge >= 0.3 is 0 Å². The third-order valence-electron chi connectivity index (χ3n) is 5.66. The lowest BCUT2D eigenvalue weighted by Gasteiger charge is -2.29. The Morgan fingerprint density at radius 1 is 1.17 bits per heavy atom. The summed E-state index contributed by atoms with van der Waals surface area (Å²) in [7, 11) is 0. The fourth-order valence-electron chi connectivity index (χ4n) is 4.16. The number of rotatable bonds is 4. The van der Waals surface area contributed by atoms with Gasteiger partial charge in [0.05, 0.1) is 0 Å². The predicted molar refractivity (Wildman–Crippen MR) is 120 cm³/mol. The Balaban J connectivity index is 1.52. The highest BCUT2D eigenvalue weighted by Gasteiger charge is 2.32. The highest BCUT2D eigenvalue weighted by atomic mass is 32.2. The van der Waals surface area contributed by atoms with E-state index in [0.717, 1.165) is 36.7 Å². The van der Waals surface area contributed by atoms with E-state index in [4.69, 9.17) is 0 Å². The number of nitrogens with one attached hydrogen (secondary N) is 2. The molecular formula is C23H27N3O3S. The number of ketones is 1. The van der Waals surface area contributed by atoms with Crippen molar-refractivity contribution in [2.24, 2.45) is 5.41 Å². The molecule has 158 valence electrons. The Bertz CT molecular complexity index is 1040. The molecule has 2 aliphatic rings. The van der Waals surface area contributed by atoms with Crippen LogP contribution in [-0.2, 0) is 13.0 Å². The van der Waals surface area contributed by atoms with Crippen molar-refractivity contribution < 1.29 is 9.59 Å². The van der Waals surface area contributed by atoms with Crippen LogP contribution in [0.5, 0.6) is 0 Å². The second kappa shape index (κ2) is 8.40. The molecule has 1 aliphatic heterocycles. The molecule has 1 aliphatic carbocycles. The van der Waals surface area contributed by atoms with Gasteiger partial charge in [0.2, 0.25) is 0 Å². The summed E-state index contributed by atoms with van der Waals surface area (Å²) in [6, 6.07) is 9.17. The third-order valence-corrected chi connectivity index (χ3v) is 6.60. The van der Waals surface area contributed by atoms with Crippen molar-refractivity contribution in [3.63, 3.8) is 0 Å². The van der Waals surface area contributed by atoms with Crippen molar-refractivity contribution in [3.8, 4) is 0 Å². The van der Waals surface area contributed by atoms with Crippen LogP contribution in [0.4, 0.5) is 5.69 Å². The van der Waals surface area contributed by atoms with Gasteiger partial charge < -0.3 is 10.3 Å². The van der Waals surface area contributed by atoms with Crippen LogP contribution in [0, 0.1) is 5.41 Å². The Kier molecular flexibility index (Phi) is 5.84. The molecule has 1 saturated heterocycles. The van der Waals surface area contributed by atoms with Gasteiger partial charge in [-0.25, -0.2) is 0 Å². The molecule has 0 saturated carbocycles. The van der Waals surface area contributed by atoms with Crippen LogP contribution in [0.3, 0.4) is 0 Å². The fraction of sp³-hybridized carbons (Fsp3) is 0.435. The van der Waals surface area contributed by atoms with Gasteiger partial charge in [-0.3, -0.25) is 19.3 Å². The number of anilines is 1. The van der Waals surface area contributed by atoms with E-state index in [-0.39, 0.29) is 16.8 Å². The lowest BCUT2D eigenvalue weighted by atomic mass is 9.75. The molecule has 1 aromatic heterocycles. The quantitative estimate of drug-likeness (QED) is 0.785. The lowest BCUT2D eigenvalue weighted by Crippen LogP contribution is -2.33. The Hall–Kier alpha value is -2.38. The van der Waals surface area contributed by atoms with E-state index in [2.05, 4.69) is 15.2 Å². The number of carbonyl (C=O) groups excluding carboxylic acids is 2. The van der Waals surface area contributed by atoms with Gasteiger partial charge in [-0.2, -0.15) is 11.8 Å². The maximum atomic E-state index is 12.8. The number of aromatic nitrogens is 1. The molecule has 0 atom stereocenters. The fourth-order valence-corrected chi connectivity index (χ4v) is 5.14. The number of aromatic amines is 1. The minimum absolute atomic E-state index is 0.0275. The van der Waals surface area contributed by atoms with E-state index in [1.165, 1.54) is 6.07 Å². The summed E-state index contributed by atoms with van der Waals surface area (Å²) < 4.78 is 0. The first-order valence-corrected chi connectivity index (χ1v) is 11.5. The number of benzene rings is 1. The van der Waals surface area contributed by atoms with Crippen molar-refractivity contribution in [1.29, 1.82) is 0 Å². The Labute approximate surface area is 180 Å². The van der Waals surface area contributed by atoms with Gasteiger partial charge in [0.25, 0.3) is 11.5 Å². The largest absolute Gasteiger partial charge is 0.325 e. The molecule has 6 nitrogen and oxygen atoms in total. The molecule has 2 heterocycles. The number of carbonyl (C=O) groups is 2. The first-order chi connectivity index (χ1) is 14.3. The molecule has 1 aromatic carbocycles. The molecule has 0 unspecified atom stereocenters. The number of hydrogen-bond donors (Lipinski definition) is 2. The second-order valence-electron chi connectivity index (χ2n) is 8.89. The molecule has 4 rings (SSSR count). The first-order valence-electron chi connectivity index (χ1n) is 10.3. The smallest absolute Gasteiger partial charge is 0.261 e. The Morgan fingerprint density at radius 3 is 2.70 bits per heavy atom. The van der Waals surface area contributed by atoms with Gasteiger partial charge in [-0.05, 0) is 35.6 Å². The molecule has 0 spiro atoms. The summed E-state index contributed by atoms with van der Waals surface area (Å²) in [5.74, 6) is 1.76. The summed E-state index contributed by atoms with van der Waals surface area (Å²) in [5.41, 5.74) is 2.17. The van der Waals surface area contributed by atoms with E-state index in [1.807, 2.05) is 49.9 Å². The normalized spacial score (nSPS) is 18.7. The van der Waals surface area contributed by atoms with Crippen LogP contribution in [0.25, 0.3) is 0 Å². The highest BCUT2D eigenvalue weighted by Crippen LogP contribution is 2.33. The molecule has 2 aromatic rings. The van der Waals surface area contributed by atoms with Crippen LogP contribution in [0.2, 0.25) is 0 Å². The summed E-state index contributed by atoms with van der Waals surface area (Å²) in [4.78, 5) is 43.0. The van der Waals surface area contributed by atoms with Crippen LogP contribution in [0.15, 0.2) is 35.1 Å². The van der Waals surface area contributed by atoms with E-state index in [1.54, 1.807) is 0 Å². The van der Waals surface area contributed by atoms with Crippen molar-refractivity contribution in [2.75, 3.05) is 29.9 Å². The Morgan fingerprint density at radius 2 is 1.93 bits per heavy atom. The number of H-pyrrole nitrogens is 1. The van der Waals surface area contributed by atoms with Crippen LogP contribution >= 0.6 is 11.8 Å². The van der Waals surface area contributed by atoms with Crippen LogP contribution in [0.1, 0.15) is 52.2 Å². The topological polar surface area (TPSA) is 82.3 Å². The monoisotopic (exact) mass is 425 g/mol. The number of Topliss-reactive ketones (excluding diaryl/α,β-unsaturated/α-hetero) is 1. The second-order valence-corrected chi connectivity index (χ2v) is 10.1. The van der Waals surface area contributed by atoms with Crippen molar-refractivity contribution >= 4 is 29.1 Å². The van der Waals surface area contributed by atoms with Crippen LogP contribution in [-0.4, -0.2) is 46.2 Å². The third kappa shape index (κ3) is 4.68. The van der Waals surface area contributed by atoms with Crippen molar-refractivity contribution in [3.05, 3.63) is 63.1 Å². The molecule has 0 radical (unpaired) electrons. The SMILES string of the molecule is CC1(C)CC(=O)c2cc(C(=O)Nc3cccc(CN4CCSCC4)c3)c(=O)[nH]c2C1. The average molecular weight is 426 g/mol. The number of nitrogens with zero attached hydrogens (tertiary/aromatic N) is 1. The van der Waals surface area contributed by atoms with Crippen LogP contribution < -0.4 is 10.9 Å². The first kappa shape index (κ1) is 20.9. The number of amides is 1. The molecule has 1 fully saturated rings. The summed E-state index contributed by atoms with van der Waals surface area (Å²) in [6.45, 7) is 6.98. The van der Waals surface area contributed by atoms with Gasteiger partial charge in [-0.1, -0.05) is 26.0 Å². The molecular weight excluding hydrogens is 398 g/mol. The lowest BCUT2D eigenvalue weighted by molar-refractivity contribution is 0.0910. The van der Waals surface area contributed by atoms with E-state index in [9.17, 15) is 14.4 Å². The molecule has 0 bridgehead atoms. The number of hydrogen-bond acceptors (Lipinski definition) is 5. The number of pyridine rings is 1. The van der Waals surface area contributed by atoms with E-state index >= 15 is 0 Å². The standard InChI is InChI=1S/C23H27N3O3S/c1-23(2)12-19-17(20(27)13-23)11-18(22(29)25-19)21(28)24-16-5-3-4-15(10-16)14-26-6-8-30-9-7-26/h3-5,10-11H,6-9,12-14H2,1-2H3,(H,24,28)(H,25,29). The minimum atomic E-state index is -0.497. The van der Waals surface area contributed by atoms with E-state index in [0.29, 0.717) is 29.8 Å². The molecule has 1 amide bonds. The molecule has 7 heteroatoms. The highest BCUT2D eigenvalue weighted by molar-refractivity contribution is 7.99. The van der Waals surface area contributed by atoms with Crippen molar-refractivity contribution in [2.45, 2.75) is 33.2 Å². The molecule has 2 N–H and O–H groups in total. The molecule has 30 heavy (non-hydrogen) atoms. The maximum absolute atomic E-state index is 12.8. The summed E-state index contributed by atoms with van der Waals surface area (Å²) in [6.07, 6.45) is 1.02. The van der Waals surface area contributed by atoms with Gasteiger partial charge in [0.15, 0.2) is 5.78 Å².